The van der Waals surface area contributed by atoms with Crippen LogP contribution in [0, 0.1) is 11.7 Å². The van der Waals surface area contributed by atoms with Crippen LogP contribution >= 0.6 is 11.8 Å². The Labute approximate surface area is 119 Å². The van der Waals surface area contributed by atoms with Gasteiger partial charge in [-0.15, -0.1) is 0 Å². The molecule has 0 aromatic carbocycles. The van der Waals surface area contributed by atoms with Gasteiger partial charge in [-0.05, 0) is 25.1 Å². The molecule has 19 heavy (non-hydrogen) atoms. The highest BCUT2D eigenvalue weighted by atomic mass is 32.2. The van der Waals surface area contributed by atoms with E-state index in [1.807, 2.05) is 18.8 Å². The zero-order valence-corrected chi connectivity index (χ0v) is 12.4. The molecule has 0 spiro atoms. The fourth-order valence-corrected chi connectivity index (χ4v) is 3.57. The fourth-order valence-electron chi connectivity index (χ4n) is 2.59. The van der Waals surface area contributed by atoms with Crippen molar-refractivity contribution >= 4 is 11.8 Å². The Kier molecular flexibility index (Phi) is 5.60. The fraction of sp³-hybridized carbons (Fsp3) is 0.643. The number of halogens is 1. The molecule has 1 aliphatic rings. The van der Waals surface area contributed by atoms with Gasteiger partial charge in [-0.1, -0.05) is 6.92 Å². The summed E-state index contributed by atoms with van der Waals surface area (Å²) in [6, 6.07) is 3.44. The second-order valence-corrected chi connectivity index (χ2v) is 6.28. The molecule has 0 aliphatic carbocycles. The van der Waals surface area contributed by atoms with Gasteiger partial charge in [0, 0.05) is 31.1 Å². The van der Waals surface area contributed by atoms with E-state index in [1.54, 1.807) is 6.07 Å². The van der Waals surface area contributed by atoms with Gasteiger partial charge in [0.25, 0.3) is 0 Å². The van der Waals surface area contributed by atoms with Gasteiger partial charge in [0.2, 0.25) is 0 Å². The molecule has 106 valence electrons. The first-order valence-electron chi connectivity index (χ1n) is 6.79. The molecule has 3 nitrogen and oxygen atoms in total. The molecule has 1 aromatic heterocycles. The Morgan fingerprint density at radius 2 is 2.16 bits per heavy atom. The Balaban J connectivity index is 1.97. The minimum atomic E-state index is -0.278. The molecule has 1 N–H and O–H groups in total. The van der Waals surface area contributed by atoms with Crippen LogP contribution in [0.15, 0.2) is 18.3 Å². The SMILES string of the molecule is CNC(c1ccc(F)cn1)C(C)CN1CCSCC1. The lowest BCUT2D eigenvalue weighted by Crippen LogP contribution is -2.39. The Hall–Kier alpha value is -0.650. The molecular weight excluding hydrogens is 261 g/mol. The molecule has 0 amide bonds. The van der Waals surface area contributed by atoms with Crippen LogP contribution in [-0.4, -0.2) is 48.1 Å². The van der Waals surface area contributed by atoms with E-state index in [-0.39, 0.29) is 11.9 Å². The first kappa shape index (κ1) is 14.8. The van der Waals surface area contributed by atoms with Crippen LogP contribution in [0.3, 0.4) is 0 Å². The van der Waals surface area contributed by atoms with Gasteiger partial charge in [-0.2, -0.15) is 11.8 Å². The van der Waals surface area contributed by atoms with Crippen LogP contribution in [-0.2, 0) is 0 Å². The second kappa shape index (κ2) is 7.22. The lowest BCUT2D eigenvalue weighted by Gasteiger charge is -2.32. The summed E-state index contributed by atoms with van der Waals surface area (Å²) in [6.45, 7) is 5.63. The second-order valence-electron chi connectivity index (χ2n) is 5.06. The van der Waals surface area contributed by atoms with Crippen molar-refractivity contribution in [1.29, 1.82) is 0 Å². The van der Waals surface area contributed by atoms with Gasteiger partial charge >= 0.3 is 0 Å². The third kappa shape index (κ3) is 4.16. The number of thioether (sulfide) groups is 1. The lowest BCUT2D eigenvalue weighted by molar-refractivity contribution is 0.229. The van der Waals surface area contributed by atoms with Crippen molar-refractivity contribution in [3.05, 3.63) is 29.8 Å². The first-order valence-corrected chi connectivity index (χ1v) is 7.95. The van der Waals surface area contributed by atoms with Crippen molar-refractivity contribution in [2.45, 2.75) is 13.0 Å². The summed E-state index contributed by atoms with van der Waals surface area (Å²) in [4.78, 5) is 6.71. The smallest absolute Gasteiger partial charge is 0.141 e. The first-order chi connectivity index (χ1) is 9.20. The molecule has 1 fully saturated rings. The number of hydrogen-bond donors (Lipinski definition) is 1. The van der Waals surface area contributed by atoms with Crippen LogP contribution in [0.4, 0.5) is 4.39 Å². The van der Waals surface area contributed by atoms with E-state index in [9.17, 15) is 4.39 Å². The normalized spacial score (nSPS) is 20.2. The minimum Gasteiger partial charge on any atom is -0.311 e. The highest BCUT2D eigenvalue weighted by molar-refractivity contribution is 7.99. The Morgan fingerprint density at radius 3 is 2.74 bits per heavy atom. The highest BCUT2D eigenvalue weighted by Crippen LogP contribution is 2.22. The maximum absolute atomic E-state index is 12.9. The quantitative estimate of drug-likeness (QED) is 0.896. The van der Waals surface area contributed by atoms with E-state index in [0.717, 1.165) is 12.2 Å². The van der Waals surface area contributed by atoms with Crippen molar-refractivity contribution < 1.29 is 4.39 Å². The molecule has 1 aliphatic heterocycles. The summed E-state index contributed by atoms with van der Waals surface area (Å²) >= 11 is 2.03. The van der Waals surface area contributed by atoms with Crippen molar-refractivity contribution in [3.63, 3.8) is 0 Å². The van der Waals surface area contributed by atoms with E-state index < -0.39 is 0 Å². The summed E-state index contributed by atoms with van der Waals surface area (Å²) in [5.41, 5.74) is 0.919. The van der Waals surface area contributed by atoms with Gasteiger partial charge in [0.15, 0.2) is 0 Å². The molecule has 2 atom stereocenters. The standard InChI is InChI=1S/C14H22FN3S/c1-11(10-18-5-7-19-8-6-18)14(16-2)13-4-3-12(15)9-17-13/h3-4,9,11,14,16H,5-8,10H2,1-2H3. The van der Waals surface area contributed by atoms with Crippen LogP contribution in [0.5, 0.6) is 0 Å². The van der Waals surface area contributed by atoms with Crippen molar-refractivity contribution in [1.82, 2.24) is 15.2 Å². The molecule has 2 rings (SSSR count). The summed E-state index contributed by atoms with van der Waals surface area (Å²) in [5.74, 6) is 2.63. The zero-order valence-electron chi connectivity index (χ0n) is 11.6. The van der Waals surface area contributed by atoms with E-state index in [1.165, 1.54) is 36.9 Å². The summed E-state index contributed by atoms with van der Waals surface area (Å²) in [7, 11) is 1.94. The molecule has 2 heterocycles. The summed E-state index contributed by atoms with van der Waals surface area (Å²) < 4.78 is 12.9. The maximum Gasteiger partial charge on any atom is 0.141 e. The summed E-state index contributed by atoms with van der Waals surface area (Å²) in [6.07, 6.45) is 1.30. The minimum absolute atomic E-state index is 0.176. The molecule has 5 heteroatoms. The summed E-state index contributed by atoms with van der Waals surface area (Å²) in [5, 5.41) is 3.31. The van der Waals surface area contributed by atoms with Gasteiger partial charge < -0.3 is 10.2 Å². The third-order valence-corrected chi connectivity index (χ3v) is 4.54. The van der Waals surface area contributed by atoms with Crippen LogP contribution in [0.2, 0.25) is 0 Å². The van der Waals surface area contributed by atoms with Gasteiger partial charge in [0.1, 0.15) is 5.82 Å². The number of hydrogen-bond acceptors (Lipinski definition) is 4. The monoisotopic (exact) mass is 283 g/mol. The Morgan fingerprint density at radius 1 is 1.42 bits per heavy atom. The molecule has 0 bridgehead atoms. The number of pyridine rings is 1. The van der Waals surface area contributed by atoms with Crippen molar-refractivity contribution in [3.8, 4) is 0 Å². The third-order valence-electron chi connectivity index (χ3n) is 3.60. The molecule has 1 aromatic rings. The predicted octanol–water partition coefficient (Wildman–Crippen LogP) is 2.17. The number of aromatic nitrogens is 1. The topological polar surface area (TPSA) is 28.2 Å². The number of nitrogens with zero attached hydrogens (tertiary/aromatic N) is 2. The number of rotatable bonds is 5. The van der Waals surface area contributed by atoms with Crippen LogP contribution in [0.1, 0.15) is 18.7 Å². The maximum atomic E-state index is 12.9. The van der Waals surface area contributed by atoms with Crippen LogP contribution < -0.4 is 5.32 Å². The highest BCUT2D eigenvalue weighted by Gasteiger charge is 2.22. The largest absolute Gasteiger partial charge is 0.311 e. The Bertz CT molecular complexity index is 379. The molecular formula is C14H22FN3S. The average Bonchev–Trinajstić information content (AvgIpc) is 2.43. The lowest BCUT2D eigenvalue weighted by atomic mass is 9.97. The van der Waals surface area contributed by atoms with E-state index >= 15 is 0 Å². The van der Waals surface area contributed by atoms with Gasteiger partial charge in [-0.25, -0.2) is 4.39 Å². The molecule has 0 radical (unpaired) electrons. The average molecular weight is 283 g/mol. The van der Waals surface area contributed by atoms with E-state index in [4.69, 9.17) is 0 Å². The van der Waals surface area contributed by atoms with Crippen LogP contribution in [0.25, 0.3) is 0 Å². The molecule has 1 saturated heterocycles. The van der Waals surface area contributed by atoms with Crippen molar-refractivity contribution in [2.75, 3.05) is 38.2 Å². The van der Waals surface area contributed by atoms with Gasteiger partial charge in [0.05, 0.1) is 17.9 Å². The number of nitrogens with one attached hydrogen (secondary N) is 1. The van der Waals surface area contributed by atoms with Gasteiger partial charge in [-0.3, -0.25) is 4.98 Å². The van der Waals surface area contributed by atoms with E-state index in [0.29, 0.717) is 5.92 Å². The predicted molar refractivity (Wildman–Crippen MR) is 78.9 cm³/mol. The molecule has 0 saturated carbocycles. The van der Waals surface area contributed by atoms with E-state index in [2.05, 4.69) is 22.1 Å². The zero-order chi connectivity index (χ0) is 13.7. The molecule has 2 unspecified atom stereocenters. The van der Waals surface area contributed by atoms with Crippen molar-refractivity contribution in [2.24, 2.45) is 5.92 Å².